The van der Waals surface area contributed by atoms with Crippen LogP contribution in [-0.4, -0.2) is 60.8 Å². The largest absolute Gasteiger partial charge is 0.478 e. The van der Waals surface area contributed by atoms with Crippen LogP contribution in [-0.2, 0) is 10.0 Å². The molecule has 0 aliphatic heterocycles. The van der Waals surface area contributed by atoms with Crippen LogP contribution >= 0.6 is 0 Å². The van der Waals surface area contributed by atoms with Gasteiger partial charge in [-0.05, 0) is 13.1 Å². The molecule has 0 aliphatic rings. The number of likely N-dealkylation sites (N-methyl/N-ethyl adjacent to an activating group) is 1. The molecule has 3 N–H and O–H groups in total. The number of sulfonamides is 1. The Balaban J connectivity index is 2.71. The fraction of sp³-hybridized carbons (Fsp3) is 0.600. The standard InChI is InChI=1S/C10H18N4O4S/c1-3-14(4-2)6-5-12-19(17,18)9-8(10(15)16)7-11-13-9/h7,12H,3-6H2,1-2H3,(H,11,13)(H,15,16). The fourth-order valence-electron chi connectivity index (χ4n) is 1.58. The number of carbonyl (C=O) groups is 1. The molecular formula is C10H18N4O4S. The molecular weight excluding hydrogens is 272 g/mol. The minimum Gasteiger partial charge on any atom is -0.478 e. The number of aromatic carboxylic acids is 1. The predicted molar refractivity (Wildman–Crippen MR) is 68.5 cm³/mol. The highest BCUT2D eigenvalue weighted by Gasteiger charge is 2.24. The van der Waals surface area contributed by atoms with Gasteiger partial charge in [-0.3, -0.25) is 5.10 Å². The van der Waals surface area contributed by atoms with E-state index in [0.29, 0.717) is 6.54 Å². The van der Waals surface area contributed by atoms with Gasteiger partial charge in [0, 0.05) is 13.1 Å². The van der Waals surface area contributed by atoms with Gasteiger partial charge in [-0.15, -0.1) is 0 Å². The Morgan fingerprint density at radius 3 is 2.63 bits per heavy atom. The Kier molecular flexibility index (Phi) is 5.45. The van der Waals surface area contributed by atoms with Crippen LogP contribution in [0.5, 0.6) is 0 Å². The average Bonchev–Trinajstić information content (AvgIpc) is 2.84. The van der Waals surface area contributed by atoms with Gasteiger partial charge in [-0.1, -0.05) is 13.8 Å². The molecule has 1 rings (SSSR count). The lowest BCUT2D eigenvalue weighted by atomic mass is 10.4. The number of carboxylic acids is 1. The molecule has 0 fully saturated rings. The molecule has 9 heteroatoms. The van der Waals surface area contributed by atoms with Crippen LogP contribution in [0.25, 0.3) is 0 Å². The van der Waals surface area contributed by atoms with Crippen LogP contribution in [0.4, 0.5) is 0 Å². The Morgan fingerprint density at radius 2 is 2.11 bits per heavy atom. The molecule has 0 atom stereocenters. The van der Waals surface area contributed by atoms with Crippen LogP contribution in [0.1, 0.15) is 24.2 Å². The van der Waals surface area contributed by atoms with Crippen molar-refractivity contribution in [2.45, 2.75) is 18.9 Å². The molecule has 1 aromatic rings. The van der Waals surface area contributed by atoms with E-state index < -0.39 is 21.0 Å². The quantitative estimate of drug-likeness (QED) is 0.607. The van der Waals surface area contributed by atoms with Crippen molar-refractivity contribution in [2.75, 3.05) is 26.2 Å². The molecule has 8 nitrogen and oxygen atoms in total. The van der Waals surface area contributed by atoms with E-state index in [1.807, 2.05) is 18.7 Å². The second-order valence-corrected chi connectivity index (χ2v) is 5.55. The minimum atomic E-state index is -3.88. The number of nitrogens with one attached hydrogen (secondary N) is 2. The number of carboxylic acid groups (broad SMARTS) is 1. The third kappa shape index (κ3) is 4.01. The molecule has 0 aliphatic carbocycles. The van der Waals surface area contributed by atoms with E-state index in [9.17, 15) is 13.2 Å². The first-order valence-corrected chi connectivity index (χ1v) is 7.39. The van der Waals surface area contributed by atoms with Gasteiger partial charge in [-0.2, -0.15) is 5.10 Å². The Hall–Kier alpha value is -1.45. The van der Waals surface area contributed by atoms with Crippen molar-refractivity contribution >= 4 is 16.0 Å². The van der Waals surface area contributed by atoms with Crippen molar-refractivity contribution < 1.29 is 18.3 Å². The molecule has 1 heterocycles. The van der Waals surface area contributed by atoms with E-state index in [1.165, 1.54) is 0 Å². The van der Waals surface area contributed by atoms with Crippen LogP contribution < -0.4 is 4.72 Å². The van der Waals surface area contributed by atoms with E-state index in [4.69, 9.17) is 5.11 Å². The van der Waals surface area contributed by atoms with Gasteiger partial charge in [0.1, 0.15) is 5.56 Å². The molecule has 0 spiro atoms. The van der Waals surface area contributed by atoms with E-state index in [0.717, 1.165) is 19.3 Å². The smallest absolute Gasteiger partial charge is 0.340 e. The molecule has 0 amide bonds. The molecule has 0 unspecified atom stereocenters. The van der Waals surface area contributed by atoms with Gasteiger partial charge >= 0.3 is 5.97 Å². The van der Waals surface area contributed by atoms with Crippen molar-refractivity contribution in [3.63, 3.8) is 0 Å². The first kappa shape index (κ1) is 15.6. The SMILES string of the molecule is CCN(CC)CCNS(=O)(=O)c1[nH]ncc1C(=O)O. The second kappa shape index (κ2) is 6.64. The number of nitrogens with zero attached hydrogens (tertiary/aromatic N) is 2. The van der Waals surface area contributed by atoms with Gasteiger partial charge in [0.2, 0.25) is 0 Å². The molecule has 0 saturated heterocycles. The summed E-state index contributed by atoms with van der Waals surface area (Å²) in [6.07, 6.45) is 0.973. The zero-order valence-corrected chi connectivity index (χ0v) is 11.7. The summed E-state index contributed by atoms with van der Waals surface area (Å²) in [5.41, 5.74) is -0.365. The zero-order valence-electron chi connectivity index (χ0n) is 10.9. The van der Waals surface area contributed by atoms with Crippen LogP contribution in [0.2, 0.25) is 0 Å². The zero-order chi connectivity index (χ0) is 14.5. The van der Waals surface area contributed by atoms with E-state index in [2.05, 4.69) is 14.9 Å². The summed E-state index contributed by atoms with van der Waals surface area (Å²) in [5, 5.41) is 14.1. The Labute approximate surface area is 111 Å². The van der Waals surface area contributed by atoms with Crippen molar-refractivity contribution in [1.82, 2.24) is 19.8 Å². The van der Waals surface area contributed by atoms with E-state index >= 15 is 0 Å². The highest BCUT2D eigenvalue weighted by atomic mass is 32.2. The van der Waals surface area contributed by atoms with Gasteiger partial charge in [0.05, 0.1) is 6.20 Å². The number of rotatable bonds is 8. The normalized spacial score (nSPS) is 11.9. The number of hydrogen-bond donors (Lipinski definition) is 3. The van der Waals surface area contributed by atoms with Gasteiger partial charge in [-0.25, -0.2) is 17.9 Å². The van der Waals surface area contributed by atoms with E-state index in [-0.39, 0.29) is 12.1 Å². The minimum absolute atomic E-state index is 0.210. The Bertz CT molecular complexity index is 521. The average molecular weight is 290 g/mol. The van der Waals surface area contributed by atoms with Crippen molar-refractivity contribution in [3.8, 4) is 0 Å². The maximum atomic E-state index is 11.9. The van der Waals surface area contributed by atoms with Crippen molar-refractivity contribution in [2.24, 2.45) is 0 Å². The van der Waals surface area contributed by atoms with Crippen LogP contribution in [0.15, 0.2) is 11.2 Å². The number of aromatic amines is 1. The number of hydrogen-bond acceptors (Lipinski definition) is 5. The molecule has 108 valence electrons. The summed E-state index contributed by atoms with van der Waals surface area (Å²) in [5.74, 6) is -1.34. The lowest BCUT2D eigenvalue weighted by Gasteiger charge is -2.17. The maximum Gasteiger partial charge on any atom is 0.340 e. The van der Waals surface area contributed by atoms with Crippen molar-refractivity contribution in [3.05, 3.63) is 11.8 Å². The molecule has 19 heavy (non-hydrogen) atoms. The molecule has 0 saturated carbocycles. The molecule has 1 aromatic heterocycles. The monoisotopic (exact) mass is 290 g/mol. The molecule has 0 bridgehead atoms. The first-order valence-electron chi connectivity index (χ1n) is 5.91. The topological polar surface area (TPSA) is 115 Å². The number of H-pyrrole nitrogens is 1. The van der Waals surface area contributed by atoms with Gasteiger partial charge in [0.25, 0.3) is 10.0 Å². The third-order valence-electron chi connectivity index (χ3n) is 2.72. The lowest BCUT2D eigenvalue weighted by Crippen LogP contribution is -2.35. The summed E-state index contributed by atoms with van der Waals surface area (Å²) in [7, 11) is -3.88. The summed E-state index contributed by atoms with van der Waals surface area (Å²) in [4.78, 5) is 12.9. The number of aromatic nitrogens is 2. The maximum absolute atomic E-state index is 11.9. The lowest BCUT2D eigenvalue weighted by molar-refractivity contribution is 0.0692. The predicted octanol–water partition coefficient (Wildman–Crippen LogP) is -0.272. The van der Waals surface area contributed by atoms with E-state index in [1.54, 1.807) is 0 Å². The van der Waals surface area contributed by atoms with Crippen LogP contribution in [0.3, 0.4) is 0 Å². The highest BCUT2D eigenvalue weighted by molar-refractivity contribution is 7.89. The summed E-state index contributed by atoms with van der Waals surface area (Å²) in [6, 6.07) is 0. The van der Waals surface area contributed by atoms with Crippen LogP contribution in [0, 0.1) is 0 Å². The van der Waals surface area contributed by atoms with Crippen molar-refractivity contribution in [1.29, 1.82) is 0 Å². The Morgan fingerprint density at radius 1 is 1.47 bits per heavy atom. The van der Waals surface area contributed by atoms with Gasteiger partial charge < -0.3 is 10.0 Å². The molecule has 0 radical (unpaired) electrons. The van der Waals surface area contributed by atoms with Gasteiger partial charge in [0.15, 0.2) is 5.03 Å². The highest BCUT2D eigenvalue weighted by Crippen LogP contribution is 2.11. The first-order chi connectivity index (χ1) is 8.92. The third-order valence-corrected chi connectivity index (χ3v) is 4.15. The molecule has 0 aromatic carbocycles. The summed E-state index contributed by atoms with van der Waals surface area (Å²) in [6.45, 7) is 6.38. The summed E-state index contributed by atoms with van der Waals surface area (Å²) >= 11 is 0. The second-order valence-electron chi connectivity index (χ2n) is 3.84. The summed E-state index contributed by atoms with van der Waals surface area (Å²) < 4.78 is 26.2. The fourth-order valence-corrected chi connectivity index (χ4v) is 2.69.